The lowest BCUT2D eigenvalue weighted by Gasteiger charge is -2.25. The minimum atomic E-state index is -0.822. The molecule has 2 unspecified atom stereocenters. The fourth-order valence-corrected chi connectivity index (χ4v) is 2.84. The van der Waals surface area contributed by atoms with Gasteiger partial charge in [0.15, 0.2) is 0 Å². The number of hydrogen-bond acceptors (Lipinski definition) is 6. The van der Waals surface area contributed by atoms with Gasteiger partial charge in [-0.25, -0.2) is 4.79 Å². The number of amides is 2. The lowest BCUT2D eigenvalue weighted by atomic mass is 10.0. The number of imide groups is 1. The van der Waals surface area contributed by atoms with Gasteiger partial charge < -0.3 is 9.57 Å². The lowest BCUT2D eigenvalue weighted by Crippen LogP contribution is -2.41. The fraction of sp³-hybridized carbons (Fsp3) is 0.750. The van der Waals surface area contributed by atoms with Gasteiger partial charge in [0, 0.05) is 12.5 Å². The third kappa shape index (κ3) is 2.23. The molecule has 3 aliphatic heterocycles. The van der Waals surface area contributed by atoms with Crippen molar-refractivity contribution in [1.82, 2.24) is 9.96 Å². The van der Waals surface area contributed by atoms with Gasteiger partial charge in [0.05, 0.1) is 26.3 Å². The second-order valence-corrected chi connectivity index (χ2v) is 5.03. The van der Waals surface area contributed by atoms with Crippen molar-refractivity contribution >= 4 is 17.8 Å². The van der Waals surface area contributed by atoms with Crippen molar-refractivity contribution in [2.24, 2.45) is 5.92 Å². The van der Waals surface area contributed by atoms with Crippen molar-refractivity contribution in [1.29, 1.82) is 0 Å². The maximum Gasteiger partial charge on any atom is 0.337 e. The van der Waals surface area contributed by atoms with E-state index in [4.69, 9.17) is 9.57 Å². The molecule has 7 nitrogen and oxygen atoms in total. The van der Waals surface area contributed by atoms with Gasteiger partial charge in [-0.1, -0.05) is 0 Å². The summed E-state index contributed by atoms with van der Waals surface area (Å²) >= 11 is 0. The molecule has 3 aliphatic rings. The first-order valence-electron chi connectivity index (χ1n) is 6.57. The Morgan fingerprint density at radius 1 is 1.26 bits per heavy atom. The van der Waals surface area contributed by atoms with Crippen molar-refractivity contribution in [3.05, 3.63) is 0 Å². The predicted molar refractivity (Wildman–Crippen MR) is 61.5 cm³/mol. The van der Waals surface area contributed by atoms with Gasteiger partial charge in [0.1, 0.15) is 5.92 Å². The van der Waals surface area contributed by atoms with E-state index in [-0.39, 0.29) is 11.9 Å². The molecule has 0 spiro atoms. The molecule has 104 valence electrons. The zero-order chi connectivity index (χ0) is 13.4. The zero-order valence-corrected chi connectivity index (χ0v) is 10.5. The van der Waals surface area contributed by atoms with Crippen LogP contribution in [0, 0.1) is 5.92 Å². The van der Waals surface area contributed by atoms with Crippen LogP contribution in [0.4, 0.5) is 0 Å². The van der Waals surface area contributed by atoms with Crippen LogP contribution in [-0.2, 0) is 24.0 Å². The molecule has 3 fully saturated rings. The molecule has 2 atom stereocenters. The van der Waals surface area contributed by atoms with E-state index in [0.29, 0.717) is 45.6 Å². The van der Waals surface area contributed by atoms with E-state index < -0.39 is 17.8 Å². The van der Waals surface area contributed by atoms with E-state index in [1.807, 2.05) is 0 Å². The fourth-order valence-electron chi connectivity index (χ4n) is 2.84. The maximum atomic E-state index is 12.0. The molecule has 0 saturated carbocycles. The SMILES string of the molecule is O=C(ON1CCOCC1)C1CC2CCC(=O)N2C1=O. The van der Waals surface area contributed by atoms with Gasteiger partial charge >= 0.3 is 5.97 Å². The smallest absolute Gasteiger partial charge is 0.337 e. The monoisotopic (exact) mass is 268 g/mol. The van der Waals surface area contributed by atoms with Crippen LogP contribution < -0.4 is 0 Å². The number of carbonyl (C=O) groups is 3. The number of nitrogens with zero attached hydrogens (tertiary/aromatic N) is 2. The van der Waals surface area contributed by atoms with E-state index in [2.05, 4.69) is 0 Å². The Balaban J connectivity index is 1.61. The second kappa shape index (κ2) is 4.90. The average molecular weight is 268 g/mol. The van der Waals surface area contributed by atoms with Crippen molar-refractivity contribution in [2.75, 3.05) is 26.3 Å². The highest BCUT2D eigenvalue weighted by atomic mass is 16.7. The highest BCUT2D eigenvalue weighted by Gasteiger charge is 2.50. The summed E-state index contributed by atoms with van der Waals surface area (Å²) in [5.74, 6) is -1.94. The van der Waals surface area contributed by atoms with E-state index in [0.717, 1.165) is 0 Å². The summed E-state index contributed by atoms with van der Waals surface area (Å²) in [5, 5.41) is 1.52. The minimum absolute atomic E-state index is 0.109. The van der Waals surface area contributed by atoms with Gasteiger partial charge in [-0.3, -0.25) is 14.5 Å². The summed E-state index contributed by atoms with van der Waals surface area (Å²) in [5.41, 5.74) is 0. The number of fused-ring (bicyclic) bond motifs is 1. The molecule has 3 rings (SSSR count). The number of morpholine rings is 1. The summed E-state index contributed by atoms with van der Waals surface area (Å²) < 4.78 is 5.15. The van der Waals surface area contributed by atoms with Crippen LogP contribution in [0.2, 0.25) is 0 Å². The minimum Gasteiger partial charge on any atom is -0.379 e. The zero-order valence-electron chi connectivity index (χ0n) is 10.5. The molecule has 0 radical (unpaired) electrons. The number of ether oxygens (including phenoxy) is 1. The molecule has 0 bridgehead atoms. The quantitative estimate of drug-likeness (QED) is 0.487. The molecule has 3 saturated heterocycles. The van der Waals surface area contributed by atoms with Crippen molar-refractivity contribution < 1.29 is 24.0 Å². The molecular formula is C12H16N2O5. The largest absolute Gasteiger partial charge is 0.379 e. The molecule has 19 heavy (non-hydrogen) atoms. The number of hydrogen-bond donors (Lipinski definition) is 0. The van der Waals surface area contributed by atoms with Gasteiger partial charge in [-0.15, -0.1) is 5.06 Å². The number of hydroxylamine groups is 2. The molecule has 0 aromatic heterocycles. The Kier molecular flexibility index (Phi) is 3.24. The first-order valence-corrected chi connectivity index (χ1v) is 6.57. The van der Waals surface area contributed by atoms with Crippen LogP contribution in [0.3, 0.4) is 0 Å². The maximum absolute atomic E-state index is 12.0. The summed E-state index contributed by atoms with van der Waals surface area (Å²) in [4.78, 5) is 42.0. The topological polar surface area (TPSA) is 76.2 Å². The summed E-state index contributed by atoms with van der Waals surface area (Å²) in [6.07, 6.45) is 1.46. The first kappa shape index (κ1) is 12.6. The third-order valence-corrected chi connectivity index (χ3v) is 3.84. The predicted octanol–water partition coefficient (Wildman–Crippen LogP) is -0.686. The Morgan fingerprint density at radius 3 is 2.68 bits per heavy atom. The Labute approximate surface area is 110 Å². The molecule has 7 heteroatoms. The summed E-state index contributed by atoms with van der Waals surface area (Å²) in [6, 6.07) is -0.109. The van der Waals surface area contributed by atoms with Crippen LogP contribution in [0.15, 0.2) is 0 Å². The Morgan fingerprint density at radius 2 is 2.00 bits per heavy atom. The van der Waals surface area contributed by atoms with Crippen molar-refractivity contribution in [2.45, 2.75) is 25.3 Å². The van der Waals surface area contributed by atoms with E-state index in [1.165, 1.54) is 9.96 Å². The number of rotatable bonds is 2. The Bertz CT molecular complexity index is 418. The van der Waals surface area contributed by atoms with E-state index >= 15 is 0 Å². The highest BCUT2D eigenvalue weighted by molar-refractivity contribution is 6.08. The van der Waals surface area contributed by atoms with Gasteiger partial charge in [-0.05, 0) is 12.8 Å². The van der Waals surface area contributed by atoms with Gasteiger partial charge in [0.2, 0.25) is 11.8 Å². The molecule has 0 aromatic rings. The molecule has 0 aliphatic carbocycles. The normalized spacial score (nSPS) is 31.7. The molecule has 3 heterocycles. The van der Waals surface area contributed by atoms with Crippen LogP contribution in [0.5, 0.6) is 0 Å². The van der Waals surface area contributed by atoms with Crippen LogP contribution in [0.1, 0.15) is 19.3 Å². The van der Waals surface area contributed by atoms with Crippen LogP contribution in [-0.4, -0.2) is 60.1 Å². The summed E-state index contributed by atoms with van der Waals surface area (Å²) in [6.45, 7) is 2.05. The van der Waals surface area contributed by atoms with Crippen molar-refractivity contribution in [3.8, 4) is 0 Å². The standard InChI is InChI=1S/C12H16N2O5/c15-10-2-1-8-7-9(11(16)14(8)10)12(17)19-13-3-5-18-6-4-13/h8-9H,1-7H2. The average Bonchev–Trinajstić information content (AvgIpc) is 2.93. The van der Waals surface area contributed by atoms with E-state index in [1.54, 1.807) is 0 Å². The highest BCUT2D eigenvalue weighted by Crippen LogP contribution is 2.34. The first-order chi connectivity index (χ1) is 9.16. The van der Waals surface area contributed by atoms with E-state index in [9.17, 15) is 14.4 Å². The molecule has 0 N–H and O–H groups in total. The van der Waals surface area contributed by atoms with Crippen molar-refractivity contribution in [3.63, 3.8) is 0 Å². The third-order valence-electron chi connectivity index (χ3n) is 3.84. The van der Waals surface area contributed by atoms with Gasteiger partial charge in [-0.2, -0.15) is 0 Å². The molecule has 0 aromatic carbocycles. The molecule has 2 amide bonds. The van der Waals surface area contributed by atoms with Crippen LogP contribution in [0.25, 0.3) is 0 Å². The summed E-state index contributed by atoms with van der Waals surface area (Å²) in [7, 11) is 0. The molecular weight excluding hydrogens is 252 g/mol. The van der Waals surface area contributed by atoms with Crippen LogP contribution >= 0.6 is 0 Å². The van der Waals surface area contributed by atoms with Gasteiger partial charge in [0.25, 0.3) is 0 Å². The lowest BCUT2D eigenvalue weighted by molar-refractivity contribution is -0.209. The number of carbonyl (C=O) groups excluding carboxylic acids is 3. The second-order valence-electron chi connectivity index (χ2n) is 5.03. The Hall–Kier alpha value is -1.47.